The number of nitrogens with one attached hydrogen (secondary N) is 1. The molecule has 4 rings (SSSR count). The molecule has 1 atom stereocenters. The maximum Gasteiger partial charge on any atom is 0.253 e. The number of nitrogens with zero attached hydrogens (tertiary/aromatic N) is 4. The third-order valence-electron chi connectivity index (χ3n) is 5.47. The number of halogens is 1. The van der Waals surface area contributed by atoms with E-state index in [2.05, 4.69) is 20.2 Å². The van der Waals surface area contributed by atoms with Crippen molar-refractivity contribution < 1.29 is 9.59 Å². The molecule has 1 aliphatic heterocycles. The number of rotatable bonds is 6. The van der Waals surface area contributed by atoms with Gasteiger partial charge in [0.25, 0.3) is 5.91 Å². The van der Waals surface area contributed by atoms with Gasteiger partial charge in [0.15, 0.2) is 0 Å². The van der Waals surface area contributed by atoms with Crippen LogP contribution in [-0.2, 0) is 4.79 Å². The summed E-state index contributed by atoms with van der Waals surface area (Å²) in [7, 11) is 0. The van der Waals surface area contributed by atoms with Crippen molar-refractivity contribution in [3.8, 4) is 0 Å². The van der Waals surface area contributed by atoms with Crippen LogP contribution >= 0.6 is 11.6 Å². The minimum absolute atomic E-state index is 0.00746. The van der Waals surface area contributed by atoms with Gasteiger partial charge in [-0.05, 0) is 23.8 Å². The van der Waals surface area contributed by atoms with Crippen molar-refractivity contribution in [1.29, 1.82) is 0 Å². The lowest BCUT2D eigenvalue weighted by molar-refractivity contribution is -0.132. The zero-order chi connectivity index (χ0) is 22.3. The number of aromatic nitrogens is 2. The second-order valence-electron chi connectivity index (χ2n) is 7.54. The van der Waals surface area contributed by atoms with Crippen molar-refractivity contribution in [2.75, 3.05) is 31.1 Å². The van der Waals surface area contributed by atoms with Crippen LogP contribution in [0.5, 0.6) is 0 Å². The number of anilines is 1. The second kappa shape index (κ2) is 10.2. The molecule has 1 saturated heterocycles. The maximum absolute atomic E-state index is 13.1. The first-order chi connectivity index (χ1) is 15.6. The van der Waals surface area contributed by atoms with Gasteiger partial charge in [-0.3, -0.25) is 9.59 Å². The summed E-state index contributed by atoms with van der Waals surface area (Å²) < 4.78 is 0. The van der Waals surface area contributed by atoms with E-state index in [-0.39, 0.29) is 18.2 Å². The zero-order valence-corrected chi connectivity index (χ0v) is 18.3. The van der Waals surface area contributed by atoms with Crippen molar-refractivity contribution in [2.24, 2.45) is 0 Å². The lowest BCUT2D eigenvalue weighted by Crippen LogP contribution is -2.50. The molecular formula is C24H24ClN5O2. The maximum atomic E-state index is 13.1. The molecule has 1 unspecified atom stereocenters. The molecule has 32 heavy (non-hydrogen) atoms. The molecule has 0 bridgehead atoms. The number of hydrogen-bond donors (Lipinski definition) is 1. The Morgan fingerprint density at radius 2 is 1.56 bits per heavy atom. The summed E-state index contributed by atoms with van der Waals surface area (Å²) in [5.41, 5.74) is 1.26. The van der Waals surface area contributed by atoms with Crippen LogP contribution in [0.15, 0.2) is 73.1 Å². The Bertz CT molecular complexity index is 1060. The molecule has 7 nitrogen and oxygen atoms in total. The summed E-state index contributed by atoms with van der Waals surface area (Å²) >= 11 is 6.19. The topological polar surface area (TPSA) is 78.4 Å². The van der Waals surface area contributed by atoms with Gasteiger partial charge < -0.3 is 15.1 Å². The van der Waals surface area contributed by atoms with Gasteiger partial charge in [-0.25, -0.2) is 9.97 Å². The van der Waals surface area contributed by atoms with E-state index in [9.17, 15) is 9.59 Å². The number of hydrogen-bond acceptors (Lipinski definition) is 5. The molecule has 1 fully saturated rings. The highest BCUT2D eigenvalue weighted by atomic mass is 35.5. The molecule has 3 aromatic rings. The minimum Gasteiger partial charge on any atom is -0.345 e. The first-order valence-electron chi connectivity index (χ1n) is 10.5. The fourth-order valence-electron chi connectivity index (χ4n) is 3.73. The molecular weight excluding hydrogens is 426 g/mol. The number of carbonyl (C=O) groups excluding carboxylic acids is 2. The molecule has 0 saturated carbocycles. The van der Waals surface area contributed by atoms with Crippen LogP contribution < -0.4 is 10.2 Å². The Morgan fingerprint density at radius 1 is 0.906 bits per heavy atom. The summed E-state index contributed by atoms with van der Waals surface area (Å²) in [6.45, 7) is 2.49. The van der Waals surface area contributed by atoms with Gasteiger partial charge in [0.1, 0.15) is 0 Å². The predicted molar refractivity (Wildman–Crippen MR) is 124 cm³/mol. The largest absolute Gasteiger partial charge is 0.345 e. The quantitative estimate of drug-likeness (QED) is 0.624. The van der Waals surface area contributed by atoms with Gasteiger partial charge in [0.05, 0.1) is 23.0 Å². The normalized spacial score (nSPS) is 14.7. The first-order valence-corrected chi connectivity index (χ1v) is 10.9. The Balaban J connectivity index is 1.43. The van der Waals surface area contributed by atoms with E-state index in [0.29, 0.717) is 42.7 Å². The third-order valence-corrected chi connectivity index (χ3v) is 5.80. The van der Waals surface area contributed by atoms with Crippen molar-refractivity contribution in [3.63, 3.8) is 0 Å². The SMILES string of the molecule is O=C(NC(CC(=O)N1CCN(c2ncccn2)CC1)c1ccccc1)c1ccccc1Cl. The highest BCUT2D eigenvalue weighted by molar-refractivity contribution is 6.33. The molecule has 0 radical (unpaired) electrons. The molecule has 0 spiro atoms. The van der Waals surface area contributed by atoms with Gasteiger partial charge in [0.2, 0.25) is 11.9 Å². The summed E-state index contributed by atoms with van der Waals surface area (Å²) in [6.07, 6.45) is 3.60. The minimum atomic E-state index is -0.456. The van der Waals surface area contributed by atoms with Gasteiger partial charge in [-0.15, -0.1) is 0 Å². The molecule has 1 aliphatic rings. The van der Waals surface area contributed by atoms with Crippen LogP contribution in [0.2, 0.25) is 5.02 Å². The Labute approximate surface area is 192 Å². The number of benzene rings is 2. The Hall–Kier alpha value is -3.45. The van der Waals surface area contributed by atoms with E-state index in [1.54, 1.807) is 42.7 Å². The molecule has 8 heteroatoms. The van der Waals surface area contributed by atoms with E-state index >= 15 is 0 Å². The van der Waals surface area contributed by atoms with Crippen molar-refractivity contribution in [2.45, 2.75) is 12.5 Å². The lowest BCUT2D eigenvalue weighted by Gasteiger charge is -2.35. The molecule has 2 aromatic carbocycles. The van der Waals surface area contributed by atoms with Gasteiger partial charge >= 0.3 is 0 Å². The number of carbonyl (C=O) groups is 2. The first kappa shape index (κ1) is 21.8. The van der Waals surface area contributed by atoms with Crippen LogP contribution in [0.25, 0.3) is 0 Å². The summed E-state index contributed by atoms with van der Waals surface area (Å²) in [4.78, 5) is 38.4. The van der Waals surface area contributed by atoms with Crippen molar-refractivity contribution in [1.82, 2.24) is 20.2 Å². The number of piperazine rings is 1. The van der Waals surface area contributed by atoms with Gasteiger partial charge in [0, 0.05) is 38.6 Å². The fraction of sp³-hybridized carbons (Fsp3) is 0.250. The predicted octanol–water partition coefficient (Wildman–Crippen LogP) is 3.34. The molecule has 2 heterocycles. The summed E-state index contributed by atoms with van der Waals surface area (Å²) in [6, 6.07) is 17.7. The van der Waals surface area contributed by atoms with Crippen LogP contribution in [-0.4, -0.2) is 52.9 Å². The lowest BCUT2D eigenvalue weighted by atomic mass is 10.0. The molecule has 1 aromatic heterocycles. The highest BCUT2D eigenvalue weighted by Gasteiger charge is 2.26. The monoisotopic (exact) mass is 449 g/mol. The van der Waals surface area contributed by atoms with Crippen molar-refractivity contribution >= 4 is 29.4 Å². The Kier molecular flexibility index (Phi) is 6.97. The van der Waals surface area contributed by atoms with Crippen LogP contribution in [0.3, 0.4) is 0 Å². The third kappa shape index (κ3) is 5.23. The Morgan fingerprint density at radius 3 is 2.25 bits per heavy atom. The van der Waals surface area contributed by atoms with Crippen LogP contribution in [0, 0.1) is 0 Å². The molecule has 2 amide bonds. The van der Waals surface area contributed by atoms with Gasteiger partial charge in [-0.2, -0.15) is 0 Å². The van der Waals surface area contributed by atoms with E-state index < -0.39 is 6.04 Å². The van der Waals surface area contributed by atoms with E-state index in [1.165, 1.54) is 0 Å². The summed E-state index contributed by atoms with van der Waals surface area (Å²) in [5.74, 6) is 0.365. The molecule has 0 aliphatic carbocycles. The van der Waals surface area contributed by atoms with E-state index in [1.807, 2.05) is 35.2 Å². The highest BCUT2D eigenvalue weighted by Crippen LogP contribution is 2.22. The van der Waals surface area contributed by atoms with Gasteiger partial charge in [-0.1, -0.05) is 54.1 Å². The smallest absolute Gasteiger partial charge is 0.253 e. The number of amides is 2. The van der Waals surface area contributed by atoms with E-state index in [4.69, 9.17) is 11.6 Å². The molecule has 1 N–H and O–H groups in total. The average Bonchev–Trinajstić information content (AvgIpc) is 2.85. The van der Waals surface area contributed by atoms with Crippen LogP contribution in [0.1, 0.15) is 28.4 Å². The van der Waals surface area contributed by atoms with Crippen LogP contribution in [0.4, 0.5) is 5.95 Å². The second-order valence-corrected chi connectivity index (χ2v) is 7.94. The summed E-state index contributed by atoms with van der Waals surface area (Å²) in [5, 5.41) is 3.37. The molecule has 164 valence electrons. The van der Waals surface area contributed by atoms with E-state index in [0.717, 1.165) is 5.56 Å². The van der Waals surface area contributed by atoms with Crippen molar-refractivity contribution in [3.05, 3.63) is 89.2 Å². The average molecular weight is 450 g/mol. The standard InChI is InChI=1S/C24H24ClN5O2/c25-20-10-5-4-9-19(20)23(32)28-21(18-7-2-1-3-8-18)17-22(31)29-13-15-30(16-14-29)24-26-11-6-12-27-24/h1-12,21H,13-17H2,(H,28,32). The fourth-order valence-corrected chi connectivity index (χ4v) is 3.95. The zero-order valence-electron chi connectivity index (χ0n) is 17.5.